The van der Waals surface area contributed by atoms with Crippen LogP contribution in [0.5, 0.6) is 17.2 Å². The second kappa shape index (κ2) is 11.6. The number of pyridine rings is 1. The normalized spacial score (nSPS) is 20.0. The Morgan fingerprint density at radius 2 is 1.83 bits per heavy atom. The molecule has 3 aromatic rings. The fraction of sp³-hybridized carbons (Fsp3) is 0.375. The number of allylic oxidation sites excluding steroid dienone is 1. The number of aromatic hydroxyl groups is 1. The van der Waals surface area contributed by atoms with Crippen LogP contribution in [0, 0.1) is 0 Å². The van der Waals surface area contributed by atoms with Crippen LogP contribution in [-0.4, -0.2) is 40.6 Å². The number of carbonyl (C=O) groups excluding carboxylic acids is 3. The van der Waals surface area contributed by atoms with Crippen molar-refractivity contribution in [3.8, 4) is 17.2 Å². The molecule has 9 nitrogen and oxygen atoms in total. The number of benzene rings is 2. The monoisotopic (exact) mass is 559 g/mol. The van der Waals surface area contributed by atoms with Gasteiger partial charge in [0, 0.05) is 43.0 Å². The number of Topliss-reactive ketones (excluding diaryl/α,β-unsaturated/α-hetero) is 1. The lowest BCUT2D eigenvalue weighted by Crippen LogP contribution is -2.29. The molecular formula is C32H33NO8. The topological polar surface area (TPSA) is 121 Å². The maximum absolute atomic E-state index is 13.6. The number of methoxy groups -OCH3 is 1. The van der Waals surface area contributed by atoms with Gasteiger partial charge in [0.1, 0.15) is 28.6 Å². The van der Waals surface area contributed by atoms with Crippen molar-refractivity contribution >= 4 is 34.7 Å². The first-order valence-corrected chi connectivity index (χ1v) is 13.8. The van der Waals surface area contributed by atoms with Crippen LogP contribution in [0.3, 0.4) is 0 Å². The Morgan fingerprint density at radius 3 is 2.61 bits per heavy atom. The summed E-state index contributed by atoms with van der Waals surface area (Å²) in [6.07, 6.45) is 6.07. The van der Waals surface area contributed by atoms with Crippen molar-refractivity contribution in [3.63, 3.8) is 0 Å². The van der Waals surface area contributed by atoms with E-state index in [4.69, 9.17) is 14.2 Å². The molecule has 2 aliphatic heterocycles. The summed E-state index contributed by atoms with van der Waals surface area (Å²) in [6.45, 7) is 1.75. The third kappa shape index (κ3) is 5.62. The maximum atomic E-state index is 13.6. The number of phenolic OH excluding ortho intramolecular Hbond substituents is 1. The van der Waals surface area contributed by atoms with Gasteiger partial charge >= 0.3 is 11.9 Å². The van der Waals surface area contributed by atoms with Crippen LogP contribution in [0.2, 0.25) is 0 Å². The van der Waals surface area contributed by atoms with Crippen molar-refractivity contribution in [1.29, 1.82) is 0 Å². The molecule has 41 heavy (non-hydrogen) atoms. The molecule has 9 heteroatoms. The van der Waals surface area contributed by atoms with E-state index in [9.17, 15) is 24.3 Å². The molecule has 0 amide bonds. The Hall–Kier alpha value is -4.40. The number of phenols is 1. The Balaban J connectivity index is 1.66. The van der Waals surface area contributed by atoms with E-state index in [0.717, 1.165) is 5.39 Å². The number of nitrogens with zero attached hydrogens (tertiary/aromatic N) is 1. The summed E-state index contributed by atoms with van der Waals surface area (Å²) in [4.78, 5) is 51.9. The van der Waals surface area contributed by atoms with Crippen molar-refractivity contribution in [1.82, 2.24) is 4.57 Å². The van der Waals surface area contributed by atoms with Gasteiger partial charge in [0.25, 0.3) is 5.56 Å². The molecule has 1 N–H and O–H groups in total. The molecule has 3 heterocycles. The lowest BCUT2D eigenvalue weighted by Gasteiger charge is -2.28. The minimum Gasteiger partial charge on any atom is -0.507 e. The Kier molecular flexibility index (Phi) is 7.97. The molecule has 2 aliphatic rings. The van der Waals surface area contributed by atoms with Gasteiger partial charge in [-0.05, 0) is 67.8 Å². The molecule has 1 unspecified atom stereocenters. The molecule has 1 aromatic heterocycles. The standard InChI is InChI=1S/C32H33NO8/c1-18-8-7-11-21(34)10-6-4-5-9-20-15-26-29(30(36)28(20)32(38)40-18)23(17-27(35)41-26)24-14-19-12-13-22(39-3)16-25(19)33(2)31(24)37/h5,9,12-16,18,23,36H,4,6-8,10-11,17H2,1-3H3/t18-,23?/m0/s1. The third-order valence-electron chi connectivity index (χ3n) is 7.82. The van der Waals surface area contributed by atoms with E-state index in [1.165, 1.54) is 10.6 Å². The average Bonchev–Trinajstić information content (AvgIpc) is 2.93. The van der Waals surface area contributed by atoms with E-state index >= 15 is 0 Å². The predicted octanol–water partition coefficient (Wildman–Crippen LogP) is 5.18. The van der Waals surface area contributed by atoms with E-state index in [1.54, 1.807) is 45.4 Å². The van der Waals surface area contributed by atoms with Crippen LogP contribution < -0.4 is 15.0 Å². The fourth-order valence-electron chi connectivity index (χ4n) is 5.63. The summed E-state index contributed by atoms with van der Waals surface area (Å²) in [5, 5.41) is 12.4. The molecule has 0 radical (unpaired) electrons. The van der Waals surface area contributed by atoms with Crippen LogP contribution in [-0.2, 0) is 21.4 Å². The highest BCUT2D eigenvalue weighted by atomic mass is 16.5. The van der Waals surface area contributed by atoms with Crippen LogP contribution in [0.15, 0.2) is 41.2 Å². The summed E-state index contributed by atoms with van der Waals surface area (Å²) < 4.78 is 18.0. The van der Waals surface area contributed by atoms with E-state index in [0.29, 0.717) is 60.9 Å². The van der Waals surface area contributed by atoms with Crippen molar-refractivity contribution in [2.45, 2.75) is 63.9 Å². The van der Waals surface area contributed by atoms with Gasteiger partial charge in [0.15, 0.2) is 0 Å². The number of carbonyl (C=O) groups is 3. The molecular weight excluding hydrogens is 526 g/mol. The molecule has 214 valence electrons. The van der Waals surface area contributed by atoms with Gasteiger partial charge in [-0.15, -0.1) is 0 Å². The maximum Gasteiger partial charge on any atom is 0.342 e. The summed E-state index contributed by atoms with van der Waals surface area (Å²) in [6, 6.07) is 8.59. The molecule has 0 spiro atoms. The zero-order chi connectivity index (χ0) is 29.3. The quantitative estimate of drug-likeness (QED) is 0.337. The largest absolute Gasteiger partial charge is 0.507 e. The van der Waals surface area contributed by atoms with Crippen LogP contribution in [0.25, 0.3) is 17.0 Å². The Morgan fingerprint density at radius 1 is 1.05 bits per heavy atom. The Bertz CT molecular complexity index is 1630. The zero-order valence-corrected chi connectivity index (χ0v) is 23.4. The van der Waals surface area contributed by atoms with Crippen LogP contribution in [0.4, 0.5) is 0 Å². The number of aryl methyl sites for hydroxylation is 1. The summed E-state index contributed by atoms with van der Waals surface area (Å²) in [7, 11) is 3.18. The highest BCUT2D eigenvalue weighted by molar-refractivity contribution is 5.99. The SMILES string of the molecule is COc1ccc2cc(C3CC(=O)Oc4cc5c(c(O)c43)C(=O)O[C@@H](C)CCCC(=O)CCCC=C5)c(=O)n(C)c2c1. The fourth-order valence-corrected chi connectivity index (χ4v) is 5.63. The van der Waals surface area contributed by atoms with E-state index in [2.05, 4.69) is 0 Å². The van der Waals surface area contributed by atoms with Crippen LogP contribution in [0.1, 0.15) is 84.8 Å². The molecule has 2 aromatic carbocycles. The van der Waals surface area contributed by atoms with Gasteiger partial charge < -0.3 is 23.9 Å². The summed E-state index contributed by atoms with van der Waals surface area (Å²) in [5.41, 5.74) is 1.06. The molecule has 0 bridgehead atoms. The molecule has 2 atom stereocenters. The van der Waals surface area contributed by atoms with E-state index < -0.39 is 24.0 Å². The number of rotatable bonds is 2. The first-order chi connectivity index (χ1) is 19.7. The zero-order valence-electron chi connectivity index (χ0n) is 23.4. The first kappa shape index (κ1) is 28.1. The number of hydrogen-bond donors (Lipinski definition) is 1. The minimum absolute atomic E-state index is 0.0507. The minimum atomic E-state index is -0.852. The second-order valence-electron chi connectivity index (χ2n) is 10.7. The number of esters is 2. The van der Waals surface area contributed by atoms with Crippen molar-refractivity contribution in [2.24, 2.45) is 7.05 Å². The third-order valence-corrected chi connectivity index (χ3v) is 7.82. The summed E-state index contributed by atoms with van der Waals surface area (Å²) in [5.74, 6) is -1.65. The lowest BCUT2D eigenvalue weighted by atomic mass is 9.83. The van der Waals surface area contributed by atoms with Gasteiger partial charge in [0.05, 0.1) is 25.2 Å². The van der Waals surface area contributed by atoms with Crippen molar-refractivity contribution in [2.75, 3.05) is 7.11 Å². The highest BCUT2D eigenvalue weighted by Gasteiger charge is 2.37. The number of hydrogen-bond acceptors (Lipinski definition) is 8. The lowest BCUT2D eigenvalue weighted by molar-refractivity contribution is -0.135. The Labute approximate surface area is 237 Å². The van der Waals surface area contributed by atoms with E-state index in [-0.39, 0.29) is 40.4 Å². The molecule has 0 saturated carbocycles. The summed E-state index contributed by atoms with van der Waals surface area (Å²) >= 11 is 0. The molecule has 5 rings (SSSR count). The number of ether oxygens (including phenoxy) is 3. The van der Waals surface area contributed by atoms with Crippen molar-refractivity contribution < 1.29 is 33.7 Å². The molecule has 0 aliphatic carbocycles. The average molecular weight is 560 g/mol. The van der Waals surface area contributed by atoms with Gasteiger partial charge in [-0.2, -0.15) is 0 Å². The second-order valence-corrected chi connectivity index (χ2v) is 10.7. The molecule has 0 saturated heterocycles. The molecule has 0 fully saturated rings. The van der Waals surface area contributed by atoms with Gasteiger partial charge in [-0.25, -0.2) is 4.79 Å². The predicted molar refractivity (Wildman–Crippen MR) is 153 cm³/mol. The van der Waals surface area contributed by atoms with Crippen LogP contribution >= 0.6 is 0 Å². The van der Waals surface area contributed by atoms with Gasteiger partial charge in [0.2, 0.25) is 0 Å². The number of aromatic nitrogens is 1. The number of fused-ring (bicyclic) bond motifs is 3. The van der Waals surface area contributed by atoms with Crippen molar-refractivity contribution in [3.05, 3.63) is 69.0 Å². The smallest absolute Gasteiger partial charge is 0.342 e. The van der Waals surface area contributed by atoms with E-state index in [1.807, 2.05) is 12.1 Å². The first-order valence-electron chi connectivity index (χ1n) is 13.8. The number of ketones is 1. The van der Waals surface area contributed by atoms with Gasteiger partial charge in [-0.3, -0.25) is 14.4 Å². The van der Waals surface area contributed by atoms with Gasteiger partial charge in [-0.1, -0.05) is 12.2 Å². The number of cyclic esters (lactones) is 1. The highest BCUT2D eigenvalue weighted by Crippen LogP contribution is 2.47.